The molecule has 0 radical (unpaired) electrons. The molecule has 160 valence electrons. The lowest BCUT2D eigenvalue weighted by molar-refractivity contribution is -0.142. The van der Waals surface area contributed by atoms with Crippen LogP contribution in [0.1, 0.15) is 42.9 Å². The second-order valence-corrected chi connectivity index (χ2v) is 8.45. The number of hydrogen-bond donors (Lipinski definition) is 1. The van der Waals surface area contributed by atoms with E-state index in [0.29, 0.717) is 19.1 Å². The number of carbonyl (C=O) groups is 1. The van der Waals surface area contributed by atoms with Gasteiger partial charge in [0.25, 0.3) is 5.91 Å². The van der Waals surface area contributed by atoms with E-state index in [2.05, 4.69) is 27.5 Å². The fourth-order valence-electron chi connectivity index (χ4n) is 4.49. The molecule has 2 aliphatic rings. The maximum atomic E-state index is 12.7. The number of carbonyl (C=O) groups excluding carboxylic acids is 1. The van der Waals surface area contributed by atoms with Crippen LogP contribution in [0.15, 0.2) is 36.8 Å². The van der Waals surface area contributed by atoms with Gasteiger partial charge in [-0.3, -0.25) is 9.78 Å². The molecule has 1 unspecified atom stereocenters. The third kappa shape index (κ3) is 4.14. The SMILES string of the molecule is Bc1cnn2c(NCc3cccnc3)cc(C3CCN(C(=O)C4CCCO4)CC3)nc12. The first-order valence-corrected chi connectivity index (χ1v) is 11.1. The molecule has 5 rings (SSSR count). The zero-order valence-corrected chi connectivity index (χ0v) is 17.8. The number of aromatic nitrogens is 4. The Morgan fingerprint density at radius 2 is 2.13 bits per heavy atom. The lowest BCUT2D eigenvalue weighted by atomic mass is 9.92. The summed E-state index contributed by atoms with van der Waals surface area (Å²) in [6.45, 7) is 2.88. The van der Waals surface area contributed by atoms with Crippen LogP contribution in [0.2, 0.25) is 0 Å². The van der Waals surface area contributed by atoms with Crippen molar-refractivity contribution in [1.29, 1.82) is 0 Å². The van der Waals surface area contributed by atoms with Gasteiger partial charge >= 0.3 is 0 Å². The normalized spacial score (nSPS) is 19.7. The van der Waals surface area contributed by atoms with Crippen molar-refractivity contribution in [1.82, 2.24) is 24.5 Å². The predicted octanol–water partition coefficient (Wildman–Crippen LogP) is 0.880. The highest BCUT2D eigenvalue weighted by atomic mass is 16.5. The van der Waals surface area contributed by atoms with Gasteiger partial charge in [0.05, 0.1) is 0 Å². The lowest BCUT2D eigenvalue weighted by Crippen LogP contribution is -2.43. The molecule has 0 aliphatic carbocycles. The highest BCUT2D eigenvalue weighted by Gasteiger charge is 2.31. The van der Waals surface area contributed by atoms with E-state index in [4.69, 9.17) is 9.72 Å². The van der Waals surface area contributed by atoms with Gasteiger partial charge in [0.15, 0.2) is 5.65 Å². The molecule has 5 heterocycles. The van der Waals surface area contributed by atoms with Crippen molar-refractivity contribution in [3.05, 3.63) is 48.0 Å². The molecule has 31 heavy (non-hydrogen) atoms. The summed E-state index contributed by atoms with van der Waals surface area (Å²) in [4.78, 5) is 23.8. The van der Waals surface area contributed by atoms with Crippen molar-refractivity contribution in [3.63, 3.8) is 0 Å². The van der Waals surface area contributed by atoms with Crippen molar-refractivity contribution in [3.8, 4) is 0 Å². The summed E-state index contributed by atoms with van der Waals surface area (Å²) in [5.74, 6) is 1.41. The Labute approximate surface area is 182 Å². The Balaban J connectivity index is 1.32. The summed E-state index contributed by atoms with van der Waals surface area (Å²) in [6.07, 6.45) is 8.92. The first-order valence-electron chi connectivity index (χ1n) is 11.1. The van der Waals surface area contributed by atoms with Gasteiger partial charge in [-0.25, -0.2) is 4.98 Å². The van der Waals surface area contributed by atoms with Crippen LogP contribution in [0.5, 0.6) is 0 Å². The Morgan fingerprint density at radius 1 is 1.26 bits per heavy atom. The molecule has 0 spiro atoms. The van der Waals surface area contributed by atoms with E-state index in [1.165, 1.54) is 0 Å². The van der Waals surface area contributed by atoms with E-state index in [1.807, 2.05) is 35.7 Å². The molecule has 1 amide bonds. The molecule has 1 N–H and O–H groups in total. The maximum Gasteiger partial charge on any atom is 0.251 e. The summed E-state index contributed by atoms with van der Waals surface area (Å²) in [5, 5.41) is 8.01. The number of pyridine rings is 1. The fourth-order valence-corrected chi connectivity index (χ4v) is 4.49. The van der Waals surface area contributed by atoms with E-state index < -0.39 is 0 Å². The monoisotopic (exact) mass is 418 g/mol. The molecule has 0 saturated carbocycles. The van der Waals surface area contributed by atoms with Gasteiger partial charge in [-0.15, -0.1) is 0 Å². The maximum absolute atomic E-state index is 12.7. The average molecular weight is 418 g/mol. The average Bonchev–Trinajstić information content (AvgIpc) is 3.48. The minimum atomic E-state index is -0.233. The Kier molecular flexibility index (Phi) is 5.59. The molecular weight excluding hydrogens is 391 g/mol. The summed E-state index contributed by atoms with van der Waals surface area (Å²) in [5.41, 5.74) is 4.11. The molecule has 3 aromatic heterocycles. The highest BCUT2D eigenvalue weighted by molar-refractivity contribution is 6.36. The predicted molar refractivity (Wildman–Crippen MR) is 120 cm³/mol. The van der Waals surface area contributed by atoms with Crippen LogP contribution in [0, 0.1) is 0 Å². The minimum Gasteiger partial charge on any atom is -0.368 e. The molecule has 2 saturated heterocycles. The standard InChI is InChI=1S/C22H27BN6O2/c23-17-14-26-29-20(25-13-15-3-1-7-24-12-15)11-18(27-21(17)29)16-5-8-28(9-6-16)22(30)19-4-2-10-31-19/h1,3,7,11-12,14,16,19,25H,2,4-6,8-10,13,23H2. The Bertz CT molecular complexity index is 1060. The van der Waals surface area contributed by atoms with E-state index in [1.54, 1.807) is 6.20 Å². The third-order valence-corrected chi connectivity index (χ3v) is 6.29. The van der Waals surface area contributed by atoms with Gasteiger partial charge in [-0.2, -0.15) is 9.61 Å². The molecule has 3 aromatic rings. The van der Waals surface area contributed by atoms with Crippen molar-refractivity contribution >= 4 is 30.7 Å². The van der Waals surface area contributed by atoms with Gasteiger partial charge in [0.2, 0.25) is 0 Å². The van der Waals surface area contributed by atoms with Crippen molar-refractivity contribution in [2.24, 2.45) is 0 Å². The number of nitrogens with one attached hydrogen (secondary N) is 1. The highest BCUT2D eigenvalue weighted by Crippen LogP contribution is 2.30. The van der Waals surface area contributed by atoms with Crippen molar-refractivity contribution in [2.75, 3.05) is 25.0 Å². The number of amides is 1. The number of likely N-dealkylation sites (tertiary alicyclic amines) is 1. The molecular formula is C22H27BN6O2. The van der Waals surface area contributed by atoms with Crippen LogP contribution >= 0.6 is 0 Å². The van der Waals surface area contributed by atoms with Crippen LogP contribution in [0.4, 0.5) is 5.82 Å². The van der Waals surface area contributed by atoms with Crippen LogP contribution in [0.25, 0.3) is 5.65 Å². The third-order valence-electron chi connectivity index (χ3n) is 6.29. The van der Waals surface area contributed by atoms with Crippen LogP contribution < -0.4 is 10.8 Å². The molecule has 9 heteroatoms. The minimum absolute atomic E-state index is 0.157. The van der Waals surface area contributed by atoms with Crippen LogP contribution in [0.3, 0.4) is 0 Å². The zero-order valence-electron chi connectivity index (χ0n) is 17.8. The van der Waals surface area contributed by atoms with Crippen molar-refractivity contribution in [2.45, 2.75) is 44.2 Å². The van der Waals surface area contributed by atoms with Gasteiger partial charge < -0.3 is 15.0 Å². The molecule has 8 nitrogen and oxygen atoms in total. The number of ether oxygens (including phenoxy) is 1. The second-order valence-electron chi connectivity index (χ2n) is 8.45. The van der Waals surface area contributed by atoms with E-state index in [9.17, 15) is 4.79 Å². The number of piperidine rings is 1. The second kappa shape index (κ2) is 8.67. The van der Waals surface area contributed by atoms with Gasteiger partial charge in [-0.05, 0) is 42.8 Å². The quantitative estimate of drug-likeness (QED) is 0.620. The van der Waals surface area contributed by atoms with E-state index in [0.717, 1.165) is 67.0 Å². The number of fused-ring (bicyclic) bond motifs is 1. The summed E-state index contributed by atoms with van der Waals surface area (Å²) >= 11 is 0. The number of hydrogen-bond acceptors (Lipinski definition) is 6. The largest absolute Gasteiger partial charge is 0.368 e. The molecule has 0 bridgehead atoms. The topological polar surface area (TPSA) is 84.7 Å². The Hall–Kier alpha value is -2.94. The van der Waals surface area contributed by atoms with Gasteiger partial charge in [0, 0.05) is 62.5 Å². The fraction of sp³-hybridized carbons (Fsp3) is 0.455. The molecule has 2 fully saturated rings. The van der Waals surface area contributed by atoms with Crippen LogP contribution in [-0.2, 0) is 16.1 Å². The molecule has 1 atom stereocenters. The lowest BCUT2D eigenvalue weighted by Gasteiger charge is -2.33. The van der Waals surface area contributed by atoms with Gasteiger partial charge in [-0.1, -0.05) is 6.07 Å². The van der Waals surface area contributed by atoms with E-state index in [-0.39, 0.29) is 12.0 Å². The smallest absolute Gasteiger partial charge is 0.251 e. The molecule has 2 aliphatic heterocycles. The summed E-state index contributed by atoms with van der Waals surface area (Å²) < 4.78 is 7.45. The number of nitrogens with zero attached hydrogens (tertiary/aromatic N) is 5. The summed E-state index contributed by atoms with van der Waals surface area (Å²) in [6, 6.07) is 6.10. The van der Waals surface area contributed by atoms with Crippen molar-refractivity contribution < 1.29 is 9.53 Å². The van der Waals surface area contributed by atoms with Gasteiger partial charge in [0.1, 0.15) is 19.8 Å². The number of rotatable bonds is 5. The number of anilines is 1. The van der Waals surface area contributed by atoms with E-state index >= 15 is 0 Å². The van der Waals surface area contributed by atoms with Crippen LogP contribution in [-0.4, -0.2) is 64.0 Å². The first-order chi connectivity index (χ1) is 15.2. The molecule has 0 aromatic carbocycles. The summed E-state index contributed by atoms with van der Waals surface area (Å²) in [7, 11) is 2.03. The Morgan fingerprint density at radius 3 is 2.87 bits per heavy atom. The first kappa shape index (κ1) is 20.0. The zero-order chi connectivity index (χ0) is 21.2.